The highest BCUT2D eigenvalue weighted by atomic mass is 35.5. The van der Waals surface area contributed by atoms with Crippen molar-refractivity contribution >= 4 is 23.4 Å². The van der Waals surface area contributed by atoms with Gasteiger partial charge in [-0.15, -0.1) is 0 Å². The molecule has 7 heteroatoms. The average molecular weight is 417 g/mol. The van der Waals surface area contributed by atoms with E-state index in [1.54, 1.807) is 36.3 Å². The molecule has 2 amide bonds. The zero-order valence-electron chi connectivity index (χ0n) is 16.4. The van der Waals surface area contributed by atoms with Crippen LogP contribution in [-0.4, -0.2) is 50.1 Å². The van der Waals surface area contributed by atoms with Crippen LogP contribution in [0.3, 0.4) is 0 Å². The summed E-state index contributed by atoms with van der Waals surface area (Å²) in [7, 11) is 1.59. The summed E-state index contributed by atoms with van der Waals surface area (Å²) < 4.78 is 10.9. The van der Waals surface area contributed by atoms with Gasteiger partial charge in [-0.1, -0.05) is 23.7 Å². The quantitative estimate of drug-likeness (QED) is 0.702. The van der Waals surface area contributed by atoms with Crippen molar-refractivity contribution in [1.82, 2.24) is 10.2 Å². The Morgan fingerprint density at radius 2 is 1.86 bits per heavy atom. The molecule has 2 aromatic rings. The van der Waals surface area contributed by atoms with Gasteiger partial charge in [-0.05, 0) is 49.2 Å². The lowest BCUT2D eigenvalue weighted by Crippen LogP contribution is -2.46. The van der Waals surface area contributed by atoms with E-state index in [0.717, 1.165) is 12.8 Å². The van der Waals surface area contributed by atoms with E-state index in [2.05, 4.69) is 5.32 Å². The first-order chi connectivity index (χ1) is 14.1. The summed E-state index contributed by atoms with van der Waals surface area (Å²) in [5.74, 6) is 0.955. The van der Waals surface area contributed by atoms with E-state index < -0.39 is 0 Å². The molecular formula is C22H25ClN2O4. The minimum atomic E-state index is -0.216. The number of piperidine rings is 1. The molecule has 0 bridgehead atoms. The van der Waals surface area contributed by atoms with E-state index >= 15 is 0 Å². The number of carbonyl (C=O) groups is 2. The second-order valence-corrected chi connectivity index (χ2v) is 7.32. The molecule has 1 N–H and O–H groups in total. The molecule has 0 aromatic heterocycles. The highest BCUT2D eigenvalue weighted by molar-refractivity contribution is 6.30. The highest BCUT2D eigenvalue weighted by Crippen LogP contribution is 2.25. The van der Waals surface area contributed by atoms with E-state index in [1.165, 1.54) is 0 Å². The Morgan fingerprint density at radius 1 is 1.14 bits per heavy atom. The third-order valence-corrected chi connectivity index (χ3v) is 5.15. The van der Waals surface area contributed by atoms with Gasteiger partial charge in [0, 0.05) is 23.7 Å². The van der Waals surface area contributed by atoms with Gasteiger partial charge in [0.15, 0.2) is 11.5 Å². The Kier molecular flexibility index (Phi) is 7.36. The SMILES string of the molecule is COc1ccccc1OCCNC(=O)C1CCCN(C(=O)c2ccc(Cl)cc2)C1. The highest BCUT2D eigenvalue weighted by Gasteiger charge is 2.28. The number of hydrogen-bond acceptors (Lipinski definition) is 4. The Morgan fingerprint density at radius 3 is 2.59 bits per heavy atom. The van der Waals surface area contributed by atoms with Crippen LogP contribution < -0.4 is 14.8 Å². The summed E-state index contributed by atoms with van der Waals surface area (Å²) in [6.07, 6.45) is 1.57. The van der Waals surface area contributed by atoms with Crippen molar-refractivity contribution in [2.45, 2.75) is 12.8 Å². The molecule has 1 aliphatic rings. The molecule has 6 nitrogen and oxygen atoms in total. The van der Waals surface area contributed by atoms with Crippen LogP contribution in [0.2, 0.25) is 5.02 Å². The van der Waals surface area contributed by atoms with E-state index in [4.69, 9.17) is 21.1 Å². The smallest absolute Gasteiger partial charge is 0.253 e. The van der Waals surface area contributed by atoms with Crippen molar-refractivity contribution in [3.63, 3.8) is 0 Å². The van der Waals surface area contributed by atoms with Crippen LogP contribution in [-0.2, 0) is 4.79 Å². The molecule has 1 saturated heterocycles. The molecule has 1 heterocycles. The van der Waals surface area contributed by atoms with Gasteiger partial charge in [-0.2, -0.15) is 0 Å². The third kappa shape index (κ3) is 5.64. The van der Waals surface area contributed by atoms with Gasteiger partial charge in [-0.25, -0.2) is 0 Å². The summed E-state index contributed by atoms with van der Waals surface area (Å²) in [4.78, 5) is 26.9. The molecule has 1 unspecified atom stereocenters. The zero-order chi connectivity index (χ0) is 20.6. The molecule has 1 atom stereocenters. The monoisotopic (exact) mass is 416 g/mol. The molecular weight excluding hydrogens is 392 g/mol. The van der Waals surface area contributed by atoms with Gasteiger partial charge in [-0.3, -0.25) is 9.59 Å². The van der Waals surface area contributed by atoms with Gasteiger partial charge in [0.25, 0.3) is 5.91 Å². The largest absolute Gasteiger partial charge is 0.493 e. The number of amides is 2. The van der Waals surface area contributed by atoms with Gasteiger partial charge in [0.1, 0.15) is 6.61 Å². The Balaban J connectivity index is 1.47. The summed E-state index contributed by atoms with van der Waals surface area (Å²) >= 11 is 5.89. The zero-order valence-corrected chi connectivity index (χ0v) is 17.2. The molecule has 1 fully saturated rings. The Hall–Kier alpha value is -2.73. The van der Waals surface area contributed by atoms with Crippen LogP contribution in [0.4, 0.5) is 0 Å². The number of nitrogens with zero attached hydrogens (tertiary/aromatic N) is 1. The van der Waals surface area contributed by atoms with Gasteiger partial charge in [0.2, 0.25) is 5.91 Å². The molecule has 0 radical (unpaired) electrons. The molecule has 1 aliphatic heterocycles. The molecule has 2 aromatic carbocycles. The topological polar surface area (TPSA) is 67.9 Å². The molecule has 154 valence electrons. The van der Waals surface area contributed by atoms with E-state index in [0.29, 0.717) is 48.3 Å². The maximum absolute atomic E-state index is 12.7. The molecule has 29 heavy (non-hydrogen) atoms. The van der Waals surface area contributed by atoms with Crippen LogP contribution in [0.25, 0.3) is 0 Å². The van der Waals surface area contributed by atoms with Crippen molar-refractivity contribution in [3.05, 3.63) is 59.1 Å². The third-order valence-electron chi connectivity index (χ3n) is 4.90. The fourth-order valence-corrected chi connectivity index (χ4v) is 3.49. The minimum Gasteiger partial charge on any atom is -0.493 e. The number of carbonyl (C=O) groups excluding carboxylic acids is 2. The molecule has 0 saturated carbocycles. The number of nitrogens with one attached hydrogen (secondary N) is 1. The molecule has 3 rings (SSSR count). The number of ether oxygens (including phenoxy) is 2. The average Bonchev–Trinajstić information content (AvgIpc) is 2.77. The normalized spacial score (nSPS) is 16.2. The first kappa shape index (κ1) is 21.0. The number of benzene rings is 2. The number of methoxy groups -OCH3 is 1. The fraction of sp³-hybridized carbons (Fsp3) is 0.364. The summed E-state index contributed by atoms with van der Waals surface area (Å²) in [6, 6.07) is 14.2. The molecule has 0 spiro atoms. The number of hydrogen-bond donors (Lipinski definition) is 1. The maximum atomic E-state index is 12.7. The van der Waals surface area contributed by atoms with Gasteiger partial charge in [0.05, 0.1) is 19.6 Å². The predicted molar refractivity (Wildman–Crippen MR) is 112 cm³/mol. The first-order valence-corrected chi connectivity index (χ1v) is 10.0. The fourth-order valence-electron chi connectivity index (χ4n) is 3.37. The number of likely N-dealkylation sites (tertiary alicyclic amines) is 1. The molecule has 0 aliphatic carbocycles. The van der Waals surface area contributed by atoms with Crippen molar-refractivity contribution in [2.24, 2.45) is 5.92 Å². The van der Waals surface area contributed by atoms with Crippen molar-refractivity contribution in [3.8, 4) is 11.5 Å². The summed E-state index contributed by atoms with van der Waals surface area (Å²) in [6.45, 7) is 1.80. The summed E-state index contributed by atoms with van der Waals surface area (Å²) in [5, 5.41) is 3.50. The van der Waals surface area contributed by atoms with Crippen LogP contribution in [0.1, 0.15) is 23.2 Å². The van der Waals surface area contributed by atoms with Gasteiger partial charge < -0.3 is 19.7 Å². The number of para-hydroxylation sites is 2. The first-order valence-electron chi connectivity index (χ1n) is 9.67. The lowest BCUT2D eigenvalue weighted by molar-refractivity contribution is -0.126. The summed E-state index contributed by atoms with van der Waals surface area (Å²) in [5.41, 5.74) is 0.584. The second-order valence-electron chi connectivity index (χ2n) is 6.89. The standard InChI is InChI=1S/C22H25ClN2O4/c1-28-19-6-2-3-7-20(19)29-14-12-24-21(26)17-5-4-13-25(15-17)22(27)16-8-10-18(23)11-9-16/h2-3,6-11,17H,4-5,12-15H2,1H3,(H,24,26). The lowest BCUT2D eigenvalue weighted by atomic mass is 9.96. The van der Waals surface area contributed by atoms with Gasteiger partial charge >= 0.3 is 0 Å². The lowest BCUT2D eigenvalue weighted by Gasteiger charge is -2.32. The minimum absolute atomic E-state index is 0.0535. The van der Waals surface area contributed by atoms with E-state index in [9.17, 15) is 9.59 Å². The van der Waals surface area contributed by atoms with Crippen molar-refractivity contribution < 1.29 is 19.1 Å². The van der Waals surface area contributed by atoms with E-state index in [1.807, 2.05) is 24.3 Å². The van der Waals surface area contributed by atoms with Crippen LogP contribution in [0.15, 0.2) is 48.5 Å². The van der Waals surface area contributed by atoms with Crippen LogP contribution >= 0.6 is 11.6 Å². The number of halogens is 1. The maximum Gasteiger partial charge on any atom is 0.253 e. The van der Waals surface area contributed by atoms with E-state index in [-0.39, 0.29) is 17.7 Å². The second kappa shape index (κ2) is 10.2. The Labute approximate surface area is 175 Å². The van der Waals surface area contributed by atoms with Crippen LogP contribution in [0.5, 0.6) is 11.5 Å². The number of rotatable bonds is 7. The van der Waals surface area contributed by atoms with Crippen molar-refractivity contribution in [1.29, 1.82) is 0 Å². The van der Waals surface area contributed by atoms with Crippen molar-refractivity contribution in [2.75, 3.05) is 33.4 Å². The van der Waals surface area contributed by atoms with Crippen LogP contribution in [0, 0.1) is 5.92 Å². The predicted octanol–water partition coefficient (Wildman–Crippen LogP) is 3.40. The Bertz CT molecular complexity index is 841.